The molecule has 0 radical (unpaired) electrons. The van der Waals surface area contributed by atoms with Crippen LogP contribution in [-0.4, -0.2) is 40.5 Å². The van der Waals surface area contributed by atoms with Gasteiger partial charge in [0, 0.05) is 24.1 Å². The molecule has 1 amide bonds. The summed E-state index contributed by atoms with van der Waals surface area (Å²) in [6, 6.07) is 12.5. The number of likely N-dealkylation sites (N-methyl/N-ethyl adjacent to an activating group) is 1. The molecule has 0 bridgehead atoms. The van der Waals surface area contributed by atoms with Crippen LogP contribution in [0.2, 0.25) is 0 Å². The zero-order valence-electron chi connectivity index (χ0n) is 15.6. The summed E-state index contributed by atoms with van der Waals surface area (Å²) in [6.45, 7) is 0.0163. The molecule has 0 spiro atoms. The van der Waals surface area contributed by atoms with Crippen LogP contribution in [0.15, 0.2) is 53.1 Å². The van der Waals surface area contributed by atoms with E-state index < -0.39 is 5.97 Å². The Kier molecular flexibility index (Phi) is 5.18. The van der Waals surface area contributed by atoms with Gasteiger partial charge in [0.1, 0.15) is 16.3 Å². The van der Waals surface area contributed by atoms with E-state index in [2.05, 4.69) is 4.98 Å². The van der Waals surface area contributed by atoms with Crippen LogP contribution in [0.5, 0.6) is 5.75 Å². The first-order valence-electron chi connectivity index (χ1n) is 8.93. The third-order valence-electron chi connectivity index (χ3n) is 4.47. The van der Waals surface area contributed by atoms with E-state index in [0.29, 0.717) is 17.7 Å². The van der Waals surface area contributed by atoms with E-state index in [1.807, 2.05) is 24.3 Å². The summed E-state index contributed by atoms with van der Waals surface area (Å²) in [4.78, 5) is 30.4. The first-order chi connectivity index (χ1) is 14.0. The number of hydrogen-bond acceptors (Lipinski definition) is 7. The fraction of sp³-hybridized carbons (Fsp3) is 0.190. The normalized spacial score (nSPS) is 11.1. The van der Waals surface area contributed by atoms with Crippen molar-refractivity contribution in [3.63, 3.8) is 0 Å². The minimum Gasteiger partial charge on any atom is -0.508 e. The third kappa shape index (κ3) is 4.22. The molecule has 0 aliphatic carbocycles. The molecule has 8 heteroatoms. The molecule has 0 atom stereocenters. The Labute approximate surface area is 170 Å². The van der Waals surface area contributed by atoms with Gasteiger partial charge in [-0.15, -0.1) is 11.3 Å². The van der Waals surface area contributed by atoms with E-state index >= 15 is 0 Å². The van der Waals surface area contributed by atoms with E-state index in [-0.39, 0.29) is 24.7 Å². The number of carbonyl (C=O) groups excluding carboxylic acids is 2. The highest BCUT2D eigenvalue weighted by Gasteiger charge is 2.16. The van der Waals surface area contributed by atoms with Gasteiger partial charge in [0.05, 0.1) is 29.4 Å². The van der Waals surface area contributed by atoms with Crippen molar-refractivity contribution in [2.24, 2.45) is 0 Å². The predicted octanol–water partition coefficient (Wildman–Crippen LogP) is 3.49. The lowest BCUT2D eigenvalue weighted by atomic mass is 10.1. The van der Waals surface area contributed by atoms with Crippen molar-refractivity contribution in [3.8, 4) is 5.75 Å². The maximum Gasteiger partial charge on any atom is 0.310 e. The zero-order valence-corrected chi connectivity index (χ0v) is 16.4. The highest BCUT2D eigenvalue weighted by atomic mass is 32.1. The van der Waals surface area contributed by atoms with E-state index in [1.165, 1.54) is 34.6 Å². The lowest BCUT2D eigenvalue weighted by Crippen LogP contribution is -2.31. The van der Waals surface area contributed by atoms with Gasteiger partial charge < -0.3 is 19.2 Å². The molecule has 1 N–H and O–H groups in total. The summed E-state index contributed by atoms with van der Waals surface area (Å²) in [5, 5.41) is 11.0. The molecule has 0 unspecified atom stereocenters. The average molecular weight is 410 g/mol. The minimum atomic E-state index is -0.525. The first kappa shape index (κ1) is 18.9. The summed E-state index contributed by atoms with van der Waals surface area (Å²) < 4.78 is 11.5. The number of aromatic nitrogens is 1. The van der Waals surface area contributed by atoms with Crippen LogP contribution in [-0.2, 0) is 27.3 Å². The molecule has 2 aromatic carbocycles. The number of phenols is 1. The number of rotatable bonds is 6. The predicted molar refractivity (Wildman–Crippen MR) is 109 cm³/mol. The van der Waals surface area contributed by atoms with Crippen LogP contribution >= 0.6 is 11.3 Å². The molecule has 7 nitrogen and oxygen atoms in total. The molecule has 4 aromatic rings. The van der Waals surface area contributed by atoms with Crippen LogP contribution in [0.3, 0.4) is 0 Å². The Morgan fingerprint density at radius 1 is 1.24 bits per heavy atom. The van der Waals surface area contributed by atoms with Gasteiger partial charge >= 0.3 is 5.97 Å². The van der Waals surface area contributed by atoms with Crippen LogP contribution in [0.4, 0.5) is 0 Å². The number of thiazole rings is 1. The molecule has 0 aliphatic rings. The number of esters is 1. The van der Waals surface area contributed by atoms with Gasteiger partial charge in [0.15, 0.2) is 6.61 Å². The van der Waals surface area contributed by atoms with E-state index in [4.69, 9.17) is 9.15 Å². The number of carbonyl (C=O) groups is 2. The van der Waals surface area contributed by atoms with Crippen molar-refractivity contribution in [3.05, 3.63) is 59.3 Å². The Bertz CT molecular complexity index is 1160. The van der Waals surface area contributed by atoms with Crippen molar-refractivity contribution in [2.45, 2.75) is 13.0 Å². The quantitative estimate of drug-likeness (QED) is 0.489. The van der Waals surface area contributed by atoms with Gasteiger partial charge in [-0.3, -0.25) is 9.59 Å². The number of aromatic hydroxyl groups is 1. The fourth-order valence-electron chi connectivity index (χ4n) is 2.95. The maximum atomic E-state index is 12.3. The second-order valence-corrected chi connectivity index (χ2v) is 7.72. The molecule has 0 fully saturated rings. The van der Waals surface area contributed by atoms with Gasteiger partial charge in [0.25, 0.3) is 5.91 Å². The number of ether oxygens (including phenoxy) is 1. The lowest BCUT2D eigenvalue weighted by molar-refractivity contribution is -0.151. The smallest absolute Gasteiger partial charge is 0.310 e. The molecule has 2 heterocycles. The van der Waals surface area contributed by atoms with E-state index in [1.54, 1.807) is 13.1 Å². The van der Waals surface area contributed by atoms with Crippen LogP contribution < -0.4 is 0 Å². The maximum absolute atomic E-state index is 12.3. The summed E-state index contributed by atoms with van der Waals surface area (Å²) in [5.41, 5.74) is 2.03. The Hall–Kier alpha value is -3.39. The average Bonchev–Trinajstić information content (AvgIpc) is 3.29. The van der Waals surface area contributed by atoms with Gasteiger partial charge in [0.2, 0.25) is 0 Å². The molecule has 4 rings (SSSR count). The van der Waals surface area contributed by atoms with E-state index in [9.17, 15) is 14.7 Å². The number of para-hydroxylation sites is 1. The van der Waals surface area contributed by atoms with Crippen LogP contribution in [0.25, 0.3) is 21.2 Å². The number of furan rings is 1. The molecule has 148 valence electrons. The molecule has 0 aliphatic heterocycles. The summed E-state index contributed by atoms with van der Waals surface area (Å²) in [5.74, 6) is -0.746. The van der Waals surface area contributed by atoms with Gasteiger partial charge in [-0.05, 0) is 24.3 Å². The monoisotopic (exact) mass is 410 g/mol. The highest BCUT2D eigenvalue weighted by molar-refractivity contribution is 7.18. The second-order valence-electron chi connectivity index (χ2n) is 6.60. The van der Waals surface area contributed by atoms with Gasteiger partial charge in [-0.25, -0.2) is 4.98 Å². The number of benzene rings is 2. The number of amides is 1. The van der Waals surface area contributed by atoms with Crippen LogP contribution in [0.1, 0.15) is 10.6 Å². The topological polar surface area (TPSA) is 92.9 Å². The highest BCUT2D eigenvalue weighted by Crippen LogP contribution is 2.25. The lowest BCUT2D eigenvalue weighted by Gasteiger charge is -2.15. The number of nitrogens with zero attached hydrogens (tertiary/aromatic N) is 2. The Morgan fingerprint density at radius 2 is 2.07 bits per heavy atom. The Morgan fingerprint density at radius 3 is 2.90 bits per heavy atom. The molecular formula is C21H18N2O5S. The first-order valence-corrected chi connectivity index (χ1v) is 9.74. The SMILES string of the molecule is CN(Cc1nc2ccccc2s1)C(=O)COC(=O)Cc1coc2cc(O)ccc12. The third-order valence-corrected chi connectivity index (χ3v) is 5.49. The molecule has 29 heavy (non-hydrogen) atoms. The van der Waals surface area contributed by atoms with Crippen molar-refractivity contribution in [1.82, 2.24) is 9.88 Å². The Balaban J connectivity index is 1.31. The second kappa shape index (κ2) is 7.92. The van der Waals surface area contributed by atoms with Crippen molar-refractivity contribution in [2.75, 3.05) is 13.7 Å². The molecule has 2 aromatic heterocycles. The zero-order chi connectivity index (χ0) is 20.4. The standard InChI is InChI=1S/C21H18N2O5S/c1-23(10-19-22-16-4-2-3-5-18(16)29-19)20(25)12-28-21(26)8-13-11-27-17-9-14(24)6-7-15(13)17/h2-7,9,11,24H,8,10,12H2,1H3. The van der Waals surface area contributed by atoms with Crippen molar-refractivity contribution < 1.29 is 23.8 Å². The van der Waals surface area contributed by atoms with Crippen molar-refractivity contribution in [1.29, 1.82) is 0 Å². The van der Waals surface area contributed by atoms with Gasteiger partial charge in [-0.1, -0.05) is 12.1 Å². The molecular weight excluding hydrogens is 392 g/mol. The molecule has 0 saturated carbocycles. The van der Waals surface area contributed by atoms with Gasteiger partial charge in [-0.2, -0.15) is 0 Å². The number of phenolic OH excluding ortho intramolecular Hbond substituents is 1. The summed E-state index contributed by atoms with van der Waals surface area (Å²) in [6.07, 6.45) is 1.43. The summed E-state index contributed by atoms with van der Waals surface area (Å²) >= 11 is 1.53. The molecule has 0 saturated heterocycles. The number of hydrogen-bond donors (Lipinski definition) is 1. The van der Waals surface area contributed by atoms with Crippen molar-refractivity contribution >= 4 is 44.4 Å². The summed E-state index contributed by atoms with van der Waals surface area (Å²) in [7, 11) is 1.65. The minimum absolute atomic E-state index is 0.0212. The van der Waals surface area contributed by atoms with Crippen LogP contribution in [0, 0.1) is 0 Å². The van der Waals surface area contributed by atoms with E-state index in [0.717, 1.165) is 20.6 Å². The number of fused-ring (bicyclic) bond motifs is 2. The fourth-order valence-corrected chi connectivity index (χ4v) is 3.97. The largest absolute Gasteiger partial charge is 0.508 e.